The van der Waals surface area contributed by atoms with E-state index in [0.29, 0.717) is 11.5 Å². The molecule has 4 rings (SSSR count). The molecule has 0 aliphatic carbocycles. The summed E-state index contributed by atoms with van der Waals surface area (Å²) >= 11 is 0. The summed E-state index contributed by atoms with van der Waals surface area (Å²) in [4.78, 5) is 12.8. The van der Waals surface area contributed by atoms with E-state index in [1.165, 1.54) is 0 Å². The standard InChI is InChI=1S/C21H19N3O2/c1-14-12-17(24(2)23-14)21(25)22-20(15-8-4-3-5-9-15)19-13-16-10-6-7-11-18(16)26-19/h3-13,20H,1-2H3,(H,22,25)/t20-/m0/s1. The Labute approximate surface area is 151 Å². The van der Waals surface area contributed by atoms with Crippen LogP contribution in [0.15, 0.2) is 71.1 Å². The summed E-state index contributed by atoms with van der Waals surface area (Å²) in [6.07, 6.45) is 0. The van der Waals surface area contributed by atoms with Crippen molar-refractivity contribution in [2.45, 2.75) is 13.0 Å². The van der Waals surface area contributed by atoms with E-state index >= 15 is 0 Å². The zero-order valence-electron chi connectivity index (χ0n) is 14.6. The third-order valence-electron chi connectivity index (χ3n) is 4.37. The van der Waals surface area contributed by atoms with Crippen LogP contribution in [0.1, 0.15) is 33.5 Å². The average Bonchev–Trinajstić information content (AvgIpc) is 3.22. The van der Waals surface area contributed by atoms with Crippen LogP contribution in [-0.2, 0) is 7.05 Å². The van der Waals surface area contributed by atoms with Crippen LogP contribution in [0.2, 0.25) is 0 Å². The highest BCUT2D eigenvalue weighted by molar-refractivity contribution is 5.93. The van der Waals surface area contributed by atoms with Gasteiger partial charge in [-0.3, -0.25) is 9.48 Å². The topological polar surface area (TPSA) is 60.1 Å². The summed E-state index contributed by atoms with van der Waals surface area (Å²) in [7, 11) is 1.76. The average molecular weight is 345 g/mol. The van der Waals surface area contributed by atoms with E-state index < -0.39 is 0 Å². The highest BCUT2D eigenvalue weighted by atomic mass is 16.3. The van der Waals surface area contributed by atoms with Gasteiger partial charge in [0.05, 0.1) is 5.69 Å². The van der Waals surface area contributed by atoms with Gasteiger partial charge < -0.3 is 9.73 Å². The Morgan fingerprint density at radius 1 is 1.08 bits per heavy atom. The first-order valence-corrected chi connectivity index (χ1v) is 8.47. The van der Waals surface area contributed by atoms with Crippen LogP contribution in [0.3, 0.4) is 0 Å². The molecule has 0 fully saturated rings. The molecule has 0 bridgehead atoms. The van der Waals surface area contributed by atoms with E-state index in [1.54, 1.807) is 17.8 Å². The predicted octanol–water partition coefficient (Wildman–Crippen LogP) is 3.99. The molecular formula is C21H19N3O2. The van der Waals surface area contributed by atoms with Crippen molar-refractivity contribution in [3.8, 4) is 0 Å². The first kappa shape index (κ1) is 16.1. The number of aryl methyl sites for hydroxylation is 2. The molecule has 1 atom stereocenters. The van der Waals surface area contributed by atoms with E-state index in [-0.39, 0.29) is 11.9 Å². The number of hydrogen-bond donors (Lipinski definition) is 1. The molecule has 0 unspecified atom stereocenters. The van der Waals surface area contributed by atoms with Crippen LogP contribution in [0.4, 0.5) is 0 Å². The lowest BCUT2D eigenvalue weighted by Crippen LogP contribution is -2.30. The van der Waals surface area contributed by atoms with Gasteiger partial charge in [0.25, 0.3) is 5.91 Å². The second-order valence-corrected chi connectivity index (χ2v) is 6.30. The molecule has 5 nitrogen and oxygen atoms in total. The largest absolute Gasteiger partial charge is 0.459 e. The van der Waals surface area contributed by atoms with Gasteiger partial charge in [0.15, 0.2) is 0 Å². The Kier molecular flexibility index (Phi) is 4.05. The van der Waals surface area contributed by atoms with E-state index in [1.807, 2.05) is 67.6 Å². The second-order valence-electron chi connectivity index (χ2n) is 6.30. The van der Waals surface area contributed by atoms with E-state index in [9.17, 15) is 4.79 Å². The lowest BCUT2D eigenvalue weighted by molar-refractivity contribution is 0.0929. The van der Waals surface area contributed by atoms with Gasteiger partial charge in [0.2, 0.25) is 0 Å². The fraction of sp³-hybridized carbons (Fsp3) is 0.143. The van der Waals surface area contributed by atoms with Crippen LogP contribution >= 0.6 is 0 Å². The maximum atomic E-state index is 12.8. The predicted molar refractivity (Wildman–Crippen MR) is 99.9 cm³/mol. The number of furan rings is 1. The molecule has 1 amide bonds. The smallest absolute Gasteiger partial charge is 0.270 e. The molecule has 0 saturated heterocycles. The summed E-state index contributed by atoms with van der Waals surface area (Å²) < 4.78 is 7.61. The number of nitrogens with zero attached hydrogens (tertiary/aromatic N) is 2. The monoisotopic (exact) mass is 345 g/mol. The summed E-state index contributed by atoms with van der Waals surface area (Å²) in [6.45, 7) is 1.87. The molecular weight excluding hydrogens is 326 g/mol. The Bertz CT molecular complexity index is 1030. The third-order valence-corrected chi connectivity index (χ3v) is 4.37. The van der Waals surface area contributed by atoms with Crippen molar-refractivity contribution in [1.82, 2.24) is 15.1 Å². The quantitative estimate of drug-likeness (QED) is 0.608. The lowest BCUT2D eigenvalue weighted by atomic mass is 10.0. The maximum absolute atomic E-state index is 12.8. The number of fused-ring (bicyclic) bond motifs is 1. The molecule has 4 aromatic rings. The van der Waals surface area contributed by atoms with Crippen molar-refractivity contribution in [3.63, 3.8) is 0 Å². The molecule has 0 saturated carbocycles. The molecule has 0 spiro atoms. The Morgan fingerprint density at radius 2 is 1.81 bits per heavy atom. The molecule has 2 heterocycles. The Hall–Kier alpha value is -3.34. The van der Waals surface area contributed by atoms with Crippen molar-refractivity contribution in [3.05, 3.63) is 89.4 Å². The normalized spacial score (nSPS) is 12.2. The fourth-order valence-electron chi connectivity index (χ4n) is 3.14. The number of nitrogens with one attached hydrogen (secondary N) is 1. The minimum Gasteiger partial charge on any atom is -0.459 e. The summed E-state index contributed by atoms with van der Waals surface area (Å²) in [6, 6.07) is 21.0. The first-order valence-electron chi connectivity index (χ1n) is 8.47. The maximum Gasteiger partial charge on any atom is 0.270 e. The second kappa shape index (κ2) is 6.52. The minimum atomic E-state index is -0.383. The van der Waals surface area contributed by atoms with Crippen LogP contribution in [0, 0.1) is 6.92 Å². The summed E-state index contributed by atoms with van der Waals surface area (Å²) in [5, 5.41) is 8.35. The third kappa shape index (κ3) is 2.99. The van der Waals surface area contributed by atoms with E-state index in [0.717, 1.165) is 22.2 Å². The molecule has 26 heavy (non-hydrogen) atoms. The Morgan fingerprint density at radius 3 is 2.50 bits per heavy atom. The highest BCUT2D eigenvalue weighted by Crippen LogP contribution is 2.28. The van der Waals surface area contributed by atoms with Gasteiger partial charge in [-0.1, -0.05) is 48.5 Å². The number of hydrogen-bond acceptors (Lipinski definition) is 3. The van der Waals surface area contributed by atoms with Gasteiger partial charge in [0.1, 0.15) is 23.1 Å². The van der Waals surface area contributed by atoms with E-state index in [4.69, 9.17) is 4.42 Å². The first-order chi connectivity index (χ1) is 12.6. The lowest BCUT2D eigenvalue weighted by Gasteiger charge is -2.17. The molecule has 1 N–H and O–H groups in total. The van der Waals surface area contributed by atoms with E-state index in [2.05, 4.69) is 10.4 Å². The molecule has 2 aromatic carbocycles. The van der Waals surface area contributed by atoms with Gasteiger partial charge in [-0.25, -0.2) is 0 Å². The molecule has 0 radical (unpaired) electrons. The number of aromatic nitrogens is 2. The van der Waals surface area contributed by atoms with Crippen molar-refractivity contribution in [2.75, 3.05) is 0 Å². The van der Waals surface area contributed by atoms with Crippen LogP contribution < -0.4 is 5.32 Å². The van der Waals surface area contributed by atoms with Crippen molar-refractivity contribution in [1.29, 1.82) is 0 Å². The molecule has 130 valence electrons. The molecule has 2 aromatic heterocycles. The highest BCUT2D eigenvalue weighted by Gasteiger charge is 2.23. The number of benzene rings is 2. The van der Waals surface area contributed by atoms with Crippen molar-refractivity contribution < 1.29 is 9.21 Å². The number of para-hydroxylation sites is 1. The van der Waals surface area contributed by atoms with Crippen molar-refractivity contribution >= 4 is 16.9 Å². The van der Waals surface area contributed by atoms with Gasteiger partial charge in [-0.15, -0.1) is 0 Å². The molecule has 0 aliphatic rings. The minimum absolute atomic E-state index is 0.192. The van der Waals surface area contributed by atoms with Gasteiger partial charge in [0, 0.05) is 12.4 Å². The SMILES string of the molecule is Cc1cc(C(=O)N[C@@H](c2ccccc2)c2cc3ccccc3o2)n(C)n1. The summed E-state index contributed by atoms with van der Waals surface area (Å²) in [5.41, 5.74) is 3.07. The van der Waals surface area contributed by atoms with Gasteiger partial charge >= 0.3 is 0 Å². The van der Waals surface area contributed by atoms with Crippen LogP contribution in [0.5, 0.6) is 0 Å². The van der Waals surface area contributed by atoms with Gasteiger partial charge in [-0.05, 0) is 30.7 Å². The zero-order chi connectivity index (χ0) is 18.1. The van der Waals surface area contributed by atoms with Crippen LogP contribution in [-0.4, -0.2) is 15.7 Å². The number of carbonyl (C=O) groups is 1. The fourth-order valence-corrected chi connectivity index (χ4v) is 3.14. The number of carbonyl (C=O) groups excluding carboxylic acids is 1. The van der Waals surface area contributed by atoms with Crippen LogP contribution in [0.25, 0.3) is 11.0 Å². The summed E-state index contributed by atoms with van der Waals surface area (Å²) in [5.74, 6) is 0.507. The molecule has 0 aliphatic heterocycles. The number of rotatable bonds is 4. The zero-order valence-corrected chi connectivity index (χ0v) is 14.6. The number of amides is 1. The Balaban J connectivity index is 1.74. The van der Waals surface area contributed by atoms with Gasteiger partial charge in [-0.2, -0.15) is 5.10 Å². The molecule has 5 heteroatoms. The van der Waals surface area contributed by atoms with Crippen molar-refractivity contribution in [2.24, 2.45) is 7.05 Å².